The Morgan fingerprint density at radius 2 is 1.80 bits per heavy atom. The molecular weight excluding hydrogens is 256 g/mol. The Bertz CT molecular complexity index is 519. The molecule has 0 aromatic heterocycles. The quantitative estimate of drug-likeness (QED) is 0.575. The van der Waals surface area contributed by atoms with Crippen LogP contribution in [0.1, 0.15) is 39.5 Å². The fraction of sp³-hybridized carbons (Fsp3) is 0.750. The second kappa shape index (κ2) is 3.86. The fourth-order valence-corrected chi connectivity index (χ4v) is 5.45. The number of esters is 2. The Morgan fingerprint density at radius 3 is 2.30 bits per heavy atom. The van der Waals surface area contributed by atoms with Gasteiger partial charge in [-0.3, -0.25) is 9.59 Å². The first kappa shape index (κ1) is 13.7. The number of hydrogen-bond donors (Lipinski definition) is 0. The molecule has 2 saturated carbocycles. The summed E-state index contributed by atoms with van der Waals surface area (Å²) in [6.07, 6.45) is 5.57. The van der Waals surface area contributed by atoms with Gasteiger partial charge >= 0.3 is 11.9 Å². The van der Waals surface area contributed by atoms with E-state index in [-0.39, 0.29) is 23.3 Å². The number of carbonyl (C=O) groups excluding carboxylic acids is 2. The maximum Gasteiger partial charge on any atom is 0.313 e. The summed E-state index contributed by atoms with van der Waals surface area (Å²) in [4.78, 5) is 25.2. The van der Waals surface area contributed by atoms with Gasteiger partial charge in [0.05, 0.1) is 25.0 Å². The second-order valence-corrected chi connectivity index (χ2v) is 6.77. The molecule has 0 radical (unpaired) electrons. The van der Waals surface area contributed by atoms with Gasteiger partial charge in [-0.2, -0.15) is 0 Å². The molecule has 3 rings (SSSR count). The number of carbonyl (C=O) groups is 2. The zero-order valence-corrected chi connectivity index (χ0v) is 12.6. The normalized spacial score (nSPS) is 40.2. The smallest absolute Gasteiger partial charge is 0.313 e. The molecule has 2 fully saturated rings. The maximum atomic E-state index is 12.6. The number of ether oxygens (including phenoxy) is 2. The van der Waals surface area contributed by atoms with Crippen LogP contribution >= 0.6 is 0 Å². The summed E-state index contributed by atoms with van der Waals surface area (Å²) < 4.78 is 10.2. The van der Waals surface area contributed by atoms with Gasteiger partial charge in [0.15, 0.2) is 0 Å². The SMILES string of the molecule is COC(=O)[C@]12CC[C@@]1(C(=O)OC)C(C)(C)C1=CCC[C@@H]12. The first-order valence-corrected chi connectivity index (χ1v) is 7.27. The number of hydrogen-bond acceptors (Lipinski definition) is 4. The zero-order chi connectivity index (χ0) is 14.8. The van der Waals surface area contributed by atoms with E-state index in [1.807, 2.05) is 0 Å². The van der Waals surface area contributed by atoms with Crippen molar-refractivity contribution in [3.8, 4) is 0 Å². The van der Waals surface area contributed by atoms with Crippen LogP contribution in [0.3, 0.4) is 0 Å². The lowest BCUT2D eigenvalue weighted by Gasteiger charge is -2.57. The van der Waals surface area contributed by atoms with Gasteiger partial charge in [-0.05, 0) is 31.6 Å². The first-order chi connectivity index (χ1) is 9.40. The predicted molar refractivity (Wildman–Crippen MR) is 72.7 cm³/mol. The summed E-state index contributed by atoms with van der Waals surface area (Å²) in [6.45, 7) is 4.16. The van der Waals surface area contributed by atoms with Crippen molar-refractivity contribution < 1.29 is 19.1 Å². The second-order valence-electron chi connectivity index (χ2n) is 6.77. The molecule has 4 heteroatoms. The minimum Gasteiger partial charge on any atom is -0.469 e. The number of methoxy groups -OCH3 is 2. The van der Waals surface area contributed by atoms with Gasteiger partial charge in [-0.25, -0.2) is 0 Å². The van der Waals surface area contributed by atoms with E-state index < -0.39 is 10.8 Å². The topological polar surface area (TPSA) is 52.6 Å². The molecule has 0 bridgehead atoms. The standard InChI is InChI=1S/C16H22O4/c1-14(2)10-6-5-7-11(10)15(12(17)19-3)8-9-16(14,15)13(18)20-4/h6,11H,5,7-9H2,1-4H3/t11-,15+,16+/m0/s1. The summed E-state index contributed by atoms with van der Waals surface area (Å²) in [6, 6.07) is 0. The van der Waals surface area contributed by atoms with Gasteiger partial charge in [0.1, 0.15) is 0 Å². The van der Waals surface area contributed by atoms with Crippen LogP contribution in [0.25, 0.3) is 0 Å². The zero-order valence-electron chi connectivity index (χ0n) is 12.6. The van der Waals surface area contributed by atoms with E-state index in [0.717, 1.165) is 19.3 Å². The molecule has 0 amide bonds. The van der Waals surface area contributed by atoms with Gasteiger partial charge < -0.3 is 9.47 Å². The first-order valence-electron chi connectivity index (χ1n) is 7.27. The Hall–Kier alpha value is -1.32. The Labute approximate surface area is 119 Å². The van der Waals surface area contributed by atoms with Crippen LogP contribution in [0.15, 0.2) is 11.6 Å². The number of allylic oxidation sites excluding steroid dienone is 2. The third-order valence-electron chi connectivity index (χ3n) is 6.32. The highest BCUT2D eigenvalue weighted by Gasteiger charge is 2.82. The minimum absolute atomic E-state index is 0.137. The van der Waals surface area contributed by atoms with Gasteiger partial charge in [0.2, 0.25) is 0 Å². The lowest BCUT2D eigenvalue weighted by atomic mass is 9.43. The highest BCUT2D eigenvalue weighted by atomic mass is 16.5. The van der Waals surface area contributed by atoms with Crippen LogP contribution in [0.4, 0.5) is 0 Å². The van der Waals surface area contributed by atoms with E-state index in [0.29, 0.717) is 6.42 Å². The largest absolute Gasteiger partial charge is 0.469 e. The molecule has 20 heavy (non-hydrogen) atoms. The molecule has 0 aliphatic heterocycles. The van der Waals surface area contributed by atoms with E-state index in [2.05, 4.69) is 19.9 Å². The summed E-state index contributed by atoms with van der Waals surface area (Å²) in [7, 11) is 2.83. The predicted octanol–water partition coefficient (Wildman–Crippen LogP) is 2.48. The summed E-state index contributed by atoms with van der Waals surface area (Å²) in [5.41, 5.74) is -0.543. The summed E-state index contributed by atoms with van der Waals surface area (Å²) in [5.74, 6) is -0.357. The molecule has 0 spiro atoms. The van der Waals surface area contributed by atoms with Crippen LogP contribution in [0.5, 0.6) is 0 Å². The van der Waals surface area contributed by atoms with Crippen LogP contribution < -0.4 is 0 Å². The lowest BCUT2D eigenvalue weighted by molar-refractivity contribution is -0.208. The van der Waals surface area contributed by atoms with Crippen molar-refractivity contribution in [3.05, 3.63) is 11.6 Å². The molecule has 0 aromatic rings. The van der Waals surface area contributed by atoms with E-state index >= 15 is 0 Å². The van der Waals surface area contributed by atoms with Gasteiger partial charge in [0.25, 0.3) is 0 Å². The van der Waals surface area contributed by atoms with Crippen molar-refractivity contribution >= 4 is 11.9 Å². The molecule has 3 aliphatic rings. The summed E-state index contributed by atoms with van der Waals surface area (Å²) >= 11 is 0. The van der Waals surface area contributed by atoms with Gasteiger partial charge in [0, 0.05) is 5.41 Å². The van der Waals surface area contributed by atoms with Crippen LogP contribution in [0, 0.1) is 22.2 Å². The molecule has 0 heterocycles. The lowest BCUT2D eigenvalue weighted by Crippen LogP contribution is -2.64. The van der Waals surface area contributed by atoms with Gasteiger partial charge in [-0.1, -0.05) is 25.5 Å². The highest BCUT2D eigenvalue weighted by Crippen LogP contribution is 2.79. The Kier molecular flexibility index (Phi) is 2.64. The molecule has 3 atom stereocenters. The molecular formula is C16H22O4. The monoisotopic (exact) mass is 278 g/mol. The van der Waals surface area contributed by atoms with Crippen molar-refractivity contribution in [2.45, 2.75) is 39.5 Å². The number of rotatable bonds is 2. The molecule has 0 unspecified atom stereocenters. The Morgan fingerprint density at radius 1 is 1.15 bits per heavy atom. The van der Waals surface area contributed by atoms with Crippen molar-refractivity contribution in [2.75, 3.05) is 14.2 Å². The average molecular weight is 278 g/mol. The van der Waals surface area contributed by atoms with Crippen LogP contribution in [-0.4, -0.2) is 26.2 Å². The van der Waals surface area contributed by atoms with E-state index in [1.165, 1.54) is 19.8 Å². The van der Waals surface area contributed by atoms with E-state index in [4.69, 9.17) is 9.47 Å². The average Bonchev–Trinajstić information content (AvgIpc) is 2.90. The van der Waals surface area contributed by atoms with E-state index in [1.54, 1.807) is 0 Å². The van der Waals surface area contributed by atoms with Gasteiger partial charge in [-0.15, -0.1) is 0 Å². The van der Waals surface area contributed by atoms with Crippen molar-refractivity contribution in [2.24, 2.45) is 22.2 Å². The Balaban J connectivity index is 2.24. The number of fused-ring (bicyclic) bond motifs is 3. The van der Waals surface area contributed by atoms with Crippen molar-refractivity contribution in [1.29, 1.82) is 0 Å². The minimum atomic E-state index is -0.751. The fourth-order valence-electron chi connectivity index (χ4n) is 5.45. The van der Waals surface area contributed by atoms with E-state index in [9.17, 15) is 9.59 Å². The molecule has 0 N–H and O–H groups in total. The summed E-state index contributed by atoms with van der Waals surface area (Å²) in [5, 5.41) is 0. The molecule has 110 valence electrons. The molecule has 4 nitrogen and oxygen atoms in total. The molecule has 0 saturated heterocycles. The molecule has 3 aliphatic carbocycles. The van der Waals surface area contributed by atoms with Crippen molar-refractivity contribution in [1.82, 2.24) is 0 Å². The van der Waals surface area contributed by atoms with Crippen molar-refractivity contribution in [3.63, 3.8) is 0 Å². The third kappa shape index (κ3) is 1.08. The third-order valence-corrected chi connectivity index (χ3v) is 6.32. The van der Waals surface area contributed by atoms with Crippen LogP contribution in [-0.2, 0) is 19.1 Å². The molecule has 0 aromatic carbocycles. The maximum absolute atomic E-state index is 12.6. The van der Waals surface area contributed by atoms with Crippen LogP contribution in [0.2, 0.25) is 0 Å². The highest BCUT2D eigenvalue weighted by molar-refractivity contribution is 5.94.